The van der Waals surface area contributed by atoms with Crippen LogP contribution >= 0.6 is 11.8 Å². The molecule has 1 amide bonds. The highest BCUT2D eigenvalue weighted by Crippen LogP contribution is 2.48. The fourth-order valence-corrected chi connectivity index (χ4v) is 4.38. The first-order valence-electron chi connectivity index (χ1n) is 8.27. The summed E-state index contributed by atoms with van der Waals surface area (Å²) in [6, 6.07) is 16.4. The Hall–Kier alpha value is -1.98. The summed E-state index contributed by atoms with van der Waals surface area (Å²) in [5.41, 5.74) is 2.21. The van der Waals surface area contributed by atoms with E-state index in [0.29, 0.717) is 26.3 Å². The van der Waals surface area contributed by atoms with Crippen molar-refractivity contribution in [1.29, 1.82) is 0 Å². The molecule has 5 heteroatoms. The second kappa shape index (κ2) is 6.49. The minimum atomic E-state index is -0.244. The van der Waals surface area contributed by atoms with E-state index < -0.39 is 0 Å². The van der Waals surface area contributed by atoms with Crippen LogP contribution in [0.2, 0.25) is 0 Å². The first-order valence-corrected chi connectivity index (χ1v) is 9.09. The summed E-state index contributed by atoms with van der Waals surface area (Å²) in [5.74, 6) is 0.162. The number of amides is 1. The Morgan fingerprint density at radius 1 is 1.00 bits per heavy atom. The molecule has 124 valence electrons. The van der Waals surface area contributed by atoms with Gasteiger partial charge in [-0.2, -0.15) is 0 Å². The first-order chi connectivity index (χ1) is 11.8. The second-order valence-electron chi connectivity index (χ2n) is 6.02. The van der Waals surface area contributed by atoms with Crippen molar-refractivity contribution in [1.82, 2.24) is 4.90 Å². The number of hydrogen-bond acceptors (Lipinski definition) is 4. The molecule has 0 aliphatic carbocycles. The largest absolute Gasteiger partial charge is 0.378 e. The van der Waals surface area contributed by atoms with E-state index >= 15 is 0 Å². The summed E-state index contributed by atoms with van der Waals surface area (Å²) in [6.07, 6.45) is 0. The van der Waals surface area contributed by atoms with Crippen molar-refractivity contribution >= 4 is 29.0 Å². The lowest BCUT2D eigenvalue weighted by molar-refractivity contribution is -0.136. The molecule has 1 atom stereocenters. The van der Waals surface area contributed by atoms with Gasteiger partial charge in [-0.05, 0) is 31.2 Å². The number of para-hydroxylation sites is 2. The molecule has 2 heterocycles. The maximum absolute atomic E-state index is 13.0. The van der Waals surface area contributed by atoms with Crippen LogP contribution in [0.25, 0.3) is 0 Å². The molecular formula is C19H20N2O2S. The van der Waals surface area contributed by atoms with Gasteiger partial charge in [0.05, 0.1) is 24.6 Å². The molecule has 0 radical (unpaired) electrons. The molecule has 1 unspecified atom stereocenters. The molecule has 2 aromatic rings. The van der Waals surface area contributed by atoms with E-state index in [1.54, 1.807) is 11.8 Å². The van der Waals surface area contributed by atoms with Crippen molar-refractivity contribution in [2.75, 3.05) is 31.2 Å². The van der Waals surface area contributed by atoms with Crippen molar-refractivity contribution in [3.05, 3.63) is 48.5 Å². The van der Waals surface area contributed by atoms with E-state index in [1.807, 2.05) is 36.1 Å². The van der Waals surface area contributed by atoms with Gasteiger partial charge in [-0.25, -0.2) is 0 Å². The van der Waals surface area contributed by atoms with Crippen LogP contribution in [-0.4, -0.2) is 43.2 Å². The van der Waals surface area contributed by atoms with E-state index in [2.05, 4.69) is 29.2 Å². The van der Waals surface area contributed by atoms with Crippen molar-refractivity contribution in [3.63, 3.8) is 0 Å². The number of carbonyl (C=O) groups excluding carboxylic acids is 1. The van der Waals surface area contributed by atoms with E-state index in [9.17, 15) is 4.79 Å². The van der Waals surface area contributed by atoms with E-state index in [4.69, 9.17) is 4.74 Å². The molecule has 0 bridgehead atoms. The van der Waals surface area contributed by atoms with Gasteiger partial charge in [0.25, 0.3) is 0 Å². The van der Waals surface area contributed by atoms with E-state index in [-0.39, 0.29) is 11.9 Å². The Morgan fingerprint density at radius 2 is 1.54 bits per heavy atom. The number of anilines is 2. The number of carbonyl (C=O) groups is 1. The predicted molar refractivity (Wildman–Crippen MR) is 96.0 cm³/mol. The van der Waals surface area contributed by atoms with Crippen LogP contribution in [0.15, 0.2) is 58.3 Å². The van der Waals surface area contributed by atoms with Crippen LogP contribution < -0.4 is 4.90 Å². The maximum atomic E-state index is 13.0. The molecule has 1 saturated heterocycles. The fourth-order valence-electron chi connectivity index (χ4n) is 3.31. The van der Waals surface area contributed by atoms with Gasteiger partial charge >= 0.3 is 0 Å². The first kappa shape index (κ1) is 15.5. The van der Waals surface area contributed by atoms with Gasteiger partial charge < -0.3 is 14.5 Å². The molecular weight excluding hydrogens is 320 g/mol. The minimum absolute atomic E-state index is 0.162. The van der Waals surface area contributed by atoms with Gasteiger partial charge in [0, 0.05) is 22.9 Å². The normalized spacial score (nSPS) is 17.9. The summed E-state index contributed by atoms with van der Waals surface area (Å²) < 4.78 is 5.38. The maximum Gasteiger partial charge on any atom is 0.245 e. The van der Waals surface area contributed by atoms with E-state index in [0.717, 1.165) is 11.4 Å². The number of fused-ring (bicyclic) bond motifs is 2. The highest BCUT2D eigenvalue weighted by molar-refractivity contribution is 7.99. The SMILES string of the molecule is CC(C(=O)N1CCOCC1)N1c2ccccc2Sc2ccccc21. The Morgan fingerprint density at radius 3 is 2.12 bits per heavy atom. The molecule has 2 aliphatic heterocycles. The highest BCUT2D eigenvalue weighted by Gasteiger charge is 2.32. The molecule has 0 aromatic heterocycles. The van der Waals surface area contributed by atoms with Crippen LogP contribution in [0, 0.1) is 0 Å². The molecule has 4 rings (SSSR count). The highest BCUT2D eigenvalue weighted by atomic mass is 32.2. The lowest BCUT2D eigenvalue weighted by Gasteiger charge is -2.39. The molecule has 2 aromatic carbocycles. The monoisotopic (exact) mass is 340 g/mol. The summed E-state index contributed by atoms with van der Waals surface area (Å²) in [5, 5.41) is 0. The standard InChI is InChI=1S/C19H20N2O2S/c1-14(19(22)20-10-12-23-13-11-20)21-15-6-2-4-8-17(15)24-18-9-5-3-7-16(18)21/h2-9,14H,10-13H2,1H3. The third-order valence-electron chi connectivity index (χ3n) is 4.54. The Bertz CT molecular complexity index is 713. The van der Waals surface area contributed by atoms with Crippen LogP contribution in [0.3, 0.4) is 0 Å². The van der Waals surface area contributed by atoms with Crippen LogP contribution in [0.1, 0.15) is 6.92 Å². The smallest absolute Gasteiger partial charge is 0.245 e. The van der Waals surface area contributed by atoms with Gasteiger partial charge in [-0.1, -0.05) is 36.0 Å². The molecule has 2 aliphatic rings. The van der Waals surface area contributed by atoms with Gasteiger partial charge in [0.15, 0.2) is 0 Å². The zero-order chi connectivity index (χ0) is 16.5. The summed E-state index contributed by atoms with van der Waals surface area (Å²) >= 11 is 1.76. The van der Waals surface area contributed by atoms with Crippen molar-refractivity contribution in [2.45, 2.75) is 22.8 Å². The third kappa shape index (κ3) is 2.68. The molecule has 24 heavy (non-hydrogen) atoms. The van der Waals surface area contributed by atoms with Gasteiger partial charge in [0.2, 0.25) is 5.91 Å². The predicted octanol–water partition coefficient (Wildman–Crippen LogP) is 3.54. The van der Waals surface area contributed by atoms with Gasteiger partial charge in [0.1, 0.15) is 6.04 Å². The topological polar surface area (TPSA) is 32.8 Å². The minimum Gasteiger partial charge on any atom is -0.378 e. The lowest BCUT2D eigenvalue weighted by atomic mass is 10.1. The Balaban J connectivity index is 1.72. The molecule has 0 saturated carbocycles. The van der Waals surface area contributed by atoms with Crippen molar-refractivity contribution in [2.24, 2.45) is 0 Å². The quantitative estimate of drug-likeness (QED) is 0.837. The number of hydrogen-bond donors (Lipinski definition) is 0. The van der Waals surface area contributed by atoms with Crippen molar-refractivity contribution < 1.29 is 9.53 Å². The molecule has 0 spiro atoms. The molecule has 4 nitrogen and oxygen atoms in total. The molecule has 0 N–H and O–H groups in total. The van der Waals surface area contributed by atoms with Crippen LogP contribution in [0.5, 0.6) is 0 Å². The zero-order valence-corrected chi connectivity index (χ0v) is 14.5. The summed E-state index contributed by atoms with van der Waals surface area (Å²) in [4.78, 5) is 19.5. The lowest BCUT2D eigenvalue weighted by Crippen LogP contribution is -2.50. The number of benzene rings is 2. The fraction of sp³-hybridized carbons (Fsp3) is 0.316. The number of rotatable bonds is 2. The van der Waals surface area contributed by atoms with Gasteiger partial charge in [-0.15, -0.1) is 0 Å². The van der Waals surface area contributed by atoms with E-state index in [1.165, 1.54) is 9.79 Å². The van der Waals surface area contributed by atoms with Crippen LogP contribution in [0.4, 0.5) is 11.4 Å². The van der Waals surface area contributed by atoms with Crippen LogP contribution in [-0.2, 0) is 9.53 Å². The summed E-state index contributed by atoms with van der Waals surface area (Å²) in [7, 11) is 0. The second-order valence-corrected chi connectivity index (χ2v) is 7.10. The van der Waals surface area contributed by atoms with Gasteiger partial charge in [-0.3, -0.25) is 4.79 Å². The third-order valence-corrected chi connectivity index (χ3v) is 5.67. The Labute approximate surface area is 146 Å². The number of ether oxygens (including phenoxy) is 1. The number of morpholine rings is 1. The average Bonchev–Trinajstić information content (AvgIpc) is 2.65. The number of nitrogens with zero attached hydrogens (tertiary/aromatic N) is 2. The zero-order valence-electron chi connectivity index (χ0n) is 13.6. The molecule has 1 fully saturated rings. The summed E-state index contributed by atoms with van der Waals surface area (Å²) in [6.45, 7) is 4.61. The average molecular weight is 340 g/mol. The van der Waals surface area contributed by atoms with Crippen molar-refractivity contribution in [3.8, 4) is 0 Å². The Kier molecular flexibility index (Phi) is 4.21.